The molecule has 1 aromatic carbocycles. The Bertz CT molecular complexity index is 801. The lowest BCUT2D eigenvalue weighted by atomic mass is 9.89. The number of nitrogens with one attached hydrogen (secondary N) is 2. The maximum Gasteiger partial charge on any atom is 0.251 e. The summed E-state index contributed by atoms with van der Waals surface area (Å²) in [5.74, 6) is -2.77. The average molecular weight is 400 g/mol. The maximum atomic E-state index is 13.2. The van der Waals surface area contributed by atoms with Gasteiger partial charge in [0.2, 0.25) is 11.8 Å². The second-order valence-corrected chi connectivity index (χ2v) is 6.59. The summed E-state index contributed by atoms with van der Waals surface area (Å²) in [5.41, 5.74) is 5.20. The molecule has 0 fully saturated rings. The van der Waals surface area contributed by atoms with Crippen LogP contribution in [-0.4, -0.2) is 52.2 Å². The Hall–Kier alpha value is -2.49. The molecule has 2 rings (SSSR count). The van der Waals surface area contributed by atoms with Crippen LogP contribution in [0.4, 0.5) is 4.39 Å². The van der Waals surface area contributed by atoms with Gasteiger partial charge in [0, 0.05) is 17.6 Å². The van der Waals surface area contributed by atoms with E-state index in [4.69, 9.17) is 17.3 Å². The second kappa shape index (κ2) is 8.47. The molecule has 0 heterocycles. The molecule has 0 saturated heterocycles. The number of amides is 3. The van der Waals surface area contributed by atoms with Crippen molar-refractivity contribution < 1.29 is 29.0 Å². The van der Waals surface area contributed by atoms with Crippen LogP contribution in [0.5, 0.6) is 0 Å². The molecular formula is C17H19ClFN3O5. The van der Waals surface area contributed by atoms with E-state index in [-0.39, 0.29) is 22.6 Å². The van der Waals surface area contributed by atoms with Crippen molar-refractivity contribution in [3.63, 3.8) is 0 Å². The minimum atomic E-state index is -1.37. The molecule has 0 spiro atoms. The maximum absolute atomic E-state index is 13.2. The van der Waals surface area contributed by atoms with E-state index < -0.39 is 47.8 Å². The largest absolute Gasteiger partial charge is 0.390 e. The molecule has 0 aromatic heterocycles. The minimum Gasteiger partial charge on any atom is -0.390 e. The summed E-state index contributed by atoms with van der Waals surface area (Å²) in [6, 6.07) is 1.31. The number of primary amides is 1. The standard InChI is InChI=1S/C17H19ClFN3O5/c1-7(15(20)25)21-17(27)9-5-12(14(24)13(23)6-9)22-16(26)8-2-3-11(19)10(18)4-8/h2-5,7,12-14,23-24H,6H2,1H3,(H2,20,25)(H,21,27)(H,22,26)/t7-,12-,13-,14-/m1/s1. The zero-order valence-corrected chi connectivity index (χ0v) is 15.0. The van der Waals surface area contributed by atoms with Crippen LogP contribution in [0.15, 0.2) is 29.8 Å². The van der Waals surface area contributed by atoms with Gasteiger partial charge in [0.15, 0.2) is 0 Å². The number of halogens is 2. The monoisotopic (exact) mass is 399 g/mol. The Morgan fingerprint density at radius 3 is 2.56 bits per heavy atom. The molecule has 0 radical (unpaired) electrons. The zero-order chi connectivity index (χ0) is 20.3. The molecule has 4 atom stereocenters. The lowest BCUT2D eigenvalue weighted by Gasteiger charge is -2.31. The molecule has 8 nitrogen and oxygen atoms in total. The number of benzene rings is 1. The summed E-state index contributed by atoms with van der Waals surface area (Å²) in [6.45, 7) is 1.40. The van der Waals surface area contributed by atoms with Crippen LogP contribution >= 0.6 is 11.6 Å². The van der Waals surface area contributed by atoms with Gasteiger partial charge in [-0.1, -0.05) is 17.7 Å². The van der Waals surface area contributed by atoms with Gasteiger partial charge in [-0.15, -0.1) is 0 Å². The lowest BCUT2D eigenvalue weighted by Crippen LogP contribution is -2.51. The summed E-state index contributed by atoms with van der Waals surface area (Å²) in [6.07, 6.45) is -1.58. The van der Waals surface area contributed by atoms with Crippen molar-refractivity contribution in [2.75, 3.05) is 0 Å². The number of rotatable bonds is 5. The van der Waals surface area contributed by atoms with E-state index in [0.717, 1.165) is 12.1 Å². The first-order valence-electron chi connectivity index (χ1n) is 8.03. The predicted octanol–water partition coefficient (Wildman–Crippen LogP) is -0.381. The summed E-state index contributed by atoms with van der Waals surface area (Å²) >= 11 is 5.64. The number of carbonyl (C=O) groups is 3. The van der Waals surface area contributed by atoms with Crippen molar-refractivity contribution in [2.24, 2.45) is 5.73 Å². The second-order valence-electron chi connectivity index (χ2n) is 6.18. The Balaban J connectivity index is 2.17. The summed E-state index contributed by atoms with van der Waals surface area (Å²) in [4.78, 5) is 35.5. The fourth-order valence-electron chi connectivity index (χ4n) is 2.50. The normalized spacial score (nSPS) is 23.1. The van der Waals surface area contributed by atoms with Crippen LogP contribution in [0, 0.1) is 5.82 Å². The topological polar surface area (TPSA) is 142 Å². The molecule has 1 aliphatic carbocycles. The highest BCUT2D eigenvalue weighted by molar-refractivity contribution is 6.31. The van der Waals surface area contributed by atoms with Gasteiger partial charge in [0.05, 0.1) is 17.2 Å². The quantitative estimate of drug-likeness (QED) is 0.459. The van der Waals surface area contributed by atoms with Gasteiger partial charge >= 0.3 is 0 Å². The van der Waals surface area contributed by atoms with Gasteiger partial charge in [-0.05, 0) is 25.1 Å². The molecule has 0 saturated carbocycles. The van der Waals surface area contributed by atoms with E-state index >= 15 is 0 Å². The van der Waals surface area contributed by atoms with E-state index in [1.807, 2.05) is 0 Å². The molecule has 27 heavy (non-hydrogen) atoms. The first kappa shape index (κ1) is 20.8. The summed E-state index contributed by atoms with van der Waals surface area (Å²) in [7, 11) is 0. The van der Waals surface area contributed by atoms with Crippen molar-refractivity contribution in [1.29, 1.82) is 0 Å². The van der Waals surface area contributed by atoms with Crippen molar-refractivity contribution in [1.82, 2.24) is 10.6 Å². The van der Waals surface area contributed by atoms with Crippen LogP contribution in [0.2, 0.25) is 5.02 Å². The number of hydrogen-bond donors (Lipinski definition) is 5. The zero-order valence-electron chi connectivity index (χ0n) is 14.3. The van der Waals surface area contributed by atoms with E-state index in [2.05, 4.69) is 10.6 Å². The van der Waals surface area contributed by atoms with Crippen molar-refractivity contribution >= 4 is 29.3 Å². The van der Waals surface area contributed by atoms with Crippen LogP contribution in [0.3, 0.4) is 0 Å². The highest BCUT2D eigenvalue weighted by Crippen LogP contribution is 2.21. The van der Waals surface area contributed by atoms with Crippen LogP contribution in [0.25, 0.3) is 0 Å². The Labute approximate surface area is 159 Å². The van der Waals surface area contributed by atoms with Gasteiger partial charge in [-0.3, -0.25) is 14.4 Å². The number of aliphatic hydroxyl groups is 2. The van der Waals surface area contributed by atoms with Crippen molar-refractivity contribution in [3.05, 3.63) is 46.3 Å². The molecule has 1 aromatic rings. The third kappa shape index (κ3) is 5.03. The molecular weight excluding hydrogens is 381 g/mol. The molecule has 0 bridgehead atoms. The number of carbonyl (C=O) groups excluding carboxylic acids is 3. The van der Waals surface area contributed by atoms with Gasteiger partial charge in [-0.25, -0.2) is 4.39 Å². The van der Waals surface area contributed by atoms with Gasteiger partial charge in [0.25, 0.3) is 5.91 Å². The SMILES string of the molecule is C[C@@H](NC(=O)C1=C[C@@H](NC(=O)c2ccc(F)c(Cl)c2)[C@@H](O)[C@H](O)C1)C(N)=O. The highest BCUT2D eigenvalue weighted by Gasteiger charge is 2.34. The van der Waals surface area contributed by atoms with Crippen molar-refractivity contribution in [2.45, 2.75) is 37.6 Å². The van der Waals surface area contributed by atoms with E-state index in [1.165, 1.54) is 19.1 Å². The van der Waals surface area contributed by atoms with Crippen LogP contribution in [-0.2, 0) is 9.59 Å². The number of aliphatic hydroxyl groups excluding tert-OH is 2. The highest BCUT2D eigenvalue weighted by atomic mass is 35.5. The smallest absolute Gasteiger partial charge is 0.251 e. The molecule has 1 aliphatic rings. The van der Waals surface area contributed by atoms with Gasteiger partial charge in [-0.2, -0.15) is 0 Å². The Kier molecular flexibility index (Phi) is 6.53. The molecule has 3 amide bonds. The predicted molar refractivity (Wildman–Crippen MR) is 94.2 cm³/mol. The summed E-state index contributed by atoms with van der Waals surface area (Å²) < 4.78 is 13.2. The summed E-state index contributed by atoms with van der Waals surface area (Å²) in [5, 5.41) is 24.6. The molecule has 6 N–H and O–H groups in total. The fourth-order valence-corrected chi connectivity index (χ4v) is 2.68. The molecule has 146 valence electrons. The number of hydrogen-bond acceptors (Lipinski definition) is 5. The fraction of sp³-hybridized carbons (Fsp3) is 0.353. The van der Waals surface area contributed by atoms with E-state index in [0.29, 0.717) is 0 Å². The molecule has 0 aliphatic heterocycles. The third-order valence-electron chi connectivity index (χ3n) is 4.12. The van der Waals surface area contributed by atoms with Gasteiger partial charge < -0.3 is 26.6 Å². The number of nitrogens with two attached hydrogens (primary N) is 1. The minimum absolute atomic E-state index is 0.0374. The molecule has 10 heteroatoms. The van der Waals surface area contributed by atoms with Crippen LogP contribution in [0.1, 0.15) is 23.7 Å². The lowest BCUT2D eigenvalue weighted by molar-refractivity contribution is -0.125. The van der Waals surface area contributed by atoms with Gasteiger partial charge in [0.1, 0.15) is 18.0 Å². The van der Waals surface area contributed by atoms with Crippen LogP contribution < -0.4 is 16.4 Å². The first-order valence-corrected chi connectivity index (χ1v) is 8.41. The Morgan fingerprint density at radius 1 is 1.30 bits per heavy atom. The van der Waals surface area contributed by atoms with E-state index in [1.54, 1.807) is 0 Å². The van der Waals surface area contributed by atoms with Crippen molar-refractivity contribution in [3.8, 4) is 0 Å². The average Bonchev–Trinajstić information content (AvgIpc) is 2.60. The van der Waals surface area contributed by atoms with E-state index in [9.17, 15) is 29.0 Å². The molecule has 0 unspecified atom stereocenters. The third-order valence-corrected chi connectivity index (χ3v) is 4.41. The first-order chi connectivity index (χ1) is 12.6. The Morgan fingerprint density at radius 2 is 1.96 bits per heavy atom.